The van der Waals surface area contributed by atoms with E-state index in [1.807, 2.05) is 0 Å². The molecule has 0 aromatic rings. The van der Waals surface area contributed by atoms with Gasteiger partial charge in [0, 0.05) is 19.6 Å². The van der Waals surface area contributed by atoms with Crippen molar-refractivity contribution in [3.63, 3.8) is 0 Å². The number of rotatable bonds is 1. The van der Waals surface area contributed by atoms with Crippen molar-refractivity contribution in [2.75, 3.05) is 27.2 Å². The number of likely N-dealkylation sites (N-methyl/N-ethyl adjacent to an activating group) is 1. The number of methoxy groups -OCH3 is 1. The minimum absolute atomic E-state index is 0.251. The monoisotopic (exact) mass is 158 g/mol. The number of hydrogen-bond donors (Lipinski definition) is 1. The third-order valence-corrected chi connectivity index (χ3v) is 2.04. The molecule has 1 aliphatic rings. The highest BCUT2D eigenvalue weighted by atomic mass is 16.5. The normalized spacial score (nSPS) is 23.3. The molecule has 0 spiro atoms. The lowest BCUT2D eigenvalue weighted by Crippen LogP contribution is -2.38. The summed E-state index contributed by atoms with van der Waals surface area (Å²) in [6.07, 6.45) is 0.768. The lowest BCUT2D eigenvalue weighted by atomic mass is 10.2. The van der Waals surface area contributed by atoms with Gasteiger partial charge in [0.15, 0.2) is 0 Å². The lowest BCUT2D eigenvalue weighted by molar-refractivity contribution is 0.120. The van der Waals surface area contributed by atoms with E-state index in [0.29, 0.717) is 6.04 Å². The smallest absolute Gasteiger partial charge is 0.409 e. The van der Waals surface area contributed by atoms with Crippen LogP contribution in [0.2, 0.25) is 0 Å². The van der Waals surface area contributed by atoms with Crippen LogP contribution in [0.25, 0.3) is 0 Å². The number of amides is 1. The third-order valence-electron chi connectivity index (χ3n) is 2.04. The van der Waals surface area contributed by atoms with Gasteiger partial charge in [-0.05, 0) is 13.0 Å². The number of ether oxygens (including phenoxy) is 1. The summed E-state index contributed by atoms with van der Waals surface area (Å²) in [5.74, 6) is 0. The van der Waals surface area contributed by atoms with Crippen molar-refractivity contribution in [3.8, 4) is 0 Å². The molecule has 1 fully saturated rings. The van der Waals surface area contributed by atoms with Gasteiger partial charge in [0.2, 0.25) is 0 Å². The second-order valence-electron chi connectivity index (χ2n) is 2.73. The molecule has 0 saturated carbocycles. The molecule has 0 radical (unpaired) electrons. The van der Waals surface area contributed by atoms with Gasteiger partial charge in [-0.1, -0.05) is 0 Å². The van der Waals surface area contributed by atoms with Crippen molar-refractivity contribution < 1.29 is 9.53 Å². The Kier molecular flexibility index (Phi) is 2.70. The summed E-state index contributed by atoms with van der Waals surface area (Å²) in [5.41, 5.74) is 0. The van der Waals surface area contributed by atoms with Gasteiger partial charge in [-0.3, -0.25) is 0 Å². The van der Waals surface area contributed by atoms with Crippen LogP contribution in [-0.2, 0) is 4.74 Å². The van der Waals surface area contributed by atoms with E-state index in [0.717, 1.165) is 19.5 Å². The Morgan fingerprint density at radius 2 is 2.45 bits per heavy atom. The molecule has 1 amide bonds. The Bertz CT molecular complexity index is 143. The van der Waals surface area contributed by atoms with Gasteiger partial charge < -0.3 is 15.0 Å². The SMILES string of the molecule is COC(=O)N(C)C1CCNC1. The van der Waals surface area contributed by atoms with Crippen LogP contribution < -0.4 is 5.32 Å². The van der Waals surface area contributed by atoms with Crippen molar-refractivity contribution in [1.29, 1.82) is 0 Å². The van der Waals surface area contributed by atoms with E-state index in [1.54, 1.807) is 11.9 Å². The molecule has 11 heavy (non-hydrogen) atoms. The molecule has 4 nitrogen and oxygen atoms in total. The number of carbonyl (C=O) groups excluding carboxylic acids is 1. The fourth-order valence-electron chi connectivity index (χ4n) is 1.26. The molecule has 1 heterocycles. The predicted molar refractivity (Wildman–Crippen MR) is 41.4 cm³/mol. The molecule has 0 aliphatic carbocycles. The maximum absolute atomic E-state index is 11.0. The van der Waals surface area contributed by atoms with Crippen LogP contribution >= 0.6 is 0 Å². The molecule has 1 atom stereocenters. The van der Waals surface area contributed by atoms with Gasteiger partial charge >= 0.3 is 6.09 Å². The molecular weight excluding hydrogens is 144 g/mol. The molecule has 1 N–H and O–H groups in total. The largest absolute Gasteiger partial charge is 0.453 e. The lowest BCUT2D eigenvalue weighted by Gasteiger charge is -2.21. The number of nitrogens with one attached hydrogen (secondary N) is 1. The summed E-state index contributed by atoms with van der Waals surface area (Å²) < 4.78 is 4.58. The van der Waals surface area contributed by atoms with Gasteiger partial charge in [0.25, 0.3) is 0 Å². The maximum atomic E-state index is 11.0. The van der Waals surface area contributed by atoms with Crippen LogP contribution in [0.1, 0.15) is 6.42 Å². The van der Waals surface area contributed by atoms with Gasteiger partial charge in [0.1, 0.15) is 0 Å². The number of nitrogens with zero attached hydrogens (tertiary/aromatic N) is 1. The zero-order chi connectivity index (χ0) is 8.27. The summed E-state index contributed by atoms with van der Waals surface area (Å²) in [6, 6.07) is 0.308. The Morgan fingerprint density at radius 3 is 2.91 bits per heavy atom. The second kappa shape index (κ2) is 3.57. The summed E-state index contributed by atoms with van der Waals surface area (Å²) >= 11 is 0. The first-order valence-corrected chi connectivity index (χ1v) is 3.77. The van der Waals surface area contributed by atoms with Crippen LogP contribution in [0.5, 0.6) is 0 Å². The molecule has 0 bridgehead atoms. The quantitative estimate of drug-likeness (QED) is 0.586. The second-order valence-corrected chi connectivity index (χ2v) is 2.73. The molecule has 1 rings (SSSR count). The highest BCUT2D eigenvalue weighted by Crippen LogP contribution is 2.06. The van der Waals surface area contributed by atoms with E-state index in [1.165, 1.54) is 7.11 Å². The predicted octanol–water partition coefficient (Wildman–Crippen LogP) is 0.0465. The summed E-state index contributed by atoms with van der Waals surface area (Å²) in [7, 11) is 3.17. The van der Waals surface area contributed by atoms with Gasteiger partial charge in [-0.15, -0.1) is 0 Å². The van der Waals surface area contributed by atoms with Crippen molar-refractivity contribution in [2.45, 2.75) is 12.5 Å². The Balaban J connectivity index is 2.39. The highest BCUT2D eigenvalue weighted by Gasteiger charge is 2.23. The maximum Gasteiger partial charge on any atom is 0.409 e. The number of carbonyl (C=O) groups is 1. The van der Waals surface area contributed by atoms with Crippen LogP contribution in [-0.4, -0.2) is 44.3 Å². The molecule has 64 valence electrons. The Hall–Kier alpha value is -0.770. The standard InChI is InChI=1S/C7H14N2O2/c1-9(7(10)11-2)6-3-4-8-5-6/h6,8H,3-5H2,1-2H3. The number of hydrogen-bond acceptors (Lipinski definition) is 3. The van der Waals surface area contributed by atoms with Crippen molar-refractivity contribution in [1.82, 2.24) is 10.2 Å². The minimum Gasteiger partial charge on any atom is -0.453 e. The molecule has 4 heteroatoms. The van der Waals surface area contributed by atoms with E-state index < -0.39 is 0 Å². The van der Waals surface area contributed by atoms with E-state index >= 15 is 0 Å². The Labute approximate surface area is 66.5 Å². The fourth-order valence-corrected chi connectivity index (χ4v) is 1.26. The molecule has 1 unspecified atom stereocenters. The first-order chi connectivity index (χ1) is 5.25. The fraction of sp³-hybridized carbons (Fsp3) is 0.857. The third kappa shape index (κ3) is 1.83. The first kappa shape index (κ1) is 8.33. The van der Waals surface area contributed by atoms with Crippen LogP contribution in [0.3, 0.4) is 0 Å². The summed E-state index contributed by atoms with van der Waals surface area (Å²) in [4.78, 5) is 12.6. The summed E-state index contributed by atoms with van der Waals surface area (Å²) in [5, 5.41) is 3.18. The molecule has 0 aromatic carbocycles. The van der Waals surface area contributed by atoms with Crippen LogP contribution in [0.15, 0.2) is 0 Å². The zero-order valence-corrected chi connectivity index (χ0v) is 6.96. The average Bonchev–Trinajstić information content (AvgIpc) is 2.53. The van der Waals surface area contributed by atoms with Gasteiger partial charge in [0.05, 0.1) is 7.11 Å². The van der Waals surface area contributed by atoms with Crippen molar-refractivity contribution >= 4 is 6.09 Å². The van der Waals surface area contributed by atoms with Crippen LogP contribution in [0, 0.1) is 0 Å². The van der Waals surface area contributed by atoms with E-state index in [9.17, 15) is 4.79 Å². The molecule has 0 aromatic heterocycles. The van der Waals surface area contributed by atoms with Gasteiger partial charge in [-0.2, -0.15) is 0 Å². The topological polar surface area (TPSA) is 41.6 Å². The van der Waals surface area contributed by atoms with Gasteiger partial charge in [-0.25, -0.2) is 4.79 Å². The first-order valence-electron chi connectivity index (χ1n) is 3.77. The highest BCUT2D eigenvalue weighted by molar-refractivity contribution is 5.67. The molecule has 1 aliphatic heterocycles. The molecule has 1 saturated heterocycles. The summed E-state index contributed by atoms with van der Waals surface area (Å²) in [6.45, 7) is 1.87. The van der Waals surface area contributed by atoms with E-state index in [-0.39, 0.29) is 6.09 Å². The minimum atomic E-state index is -0.251. The average molecular weight is 158 g/mol. The van der Waals surface area contributed by atoms with Crippen LogP contribution in [0.4, 0.5) is 4.79 Å². The van der Waals surface area contributed by atoms with Crippen molar-refractivity contribution in [2.24, 2.45) is 0 Å². The van der Waals surface area contributed by atoms with E-state index in [4.69, 9.17) is 0 Å². The van der Waals surface area contributed by atoms with Crippen molar-refractivity contribution in [3.05, 3.63) is 0 Å². The van der Waals surface area contributed by atoms with E-state index in [2.05, 4.69) is 10.1 Å². The zero-order valence-electron chi connectivity index (χ0n) is 6.96. The molecular formula is C7H14N2O2. The Morgan fingerprint density at radius 1 is 1.73 bits per heavy atom.